The van der Waals surface area contributed by atoms with E-state index in [2.05, 4.69) is 17.2 Å². The highest BCUT2D eigenvalue weighted by Crippen LogP contribution is 2.35. The first-order chi connectivity index (χ1) is 10.1. The second-order valence-corrected chi connectivity index (χ2v) is 5.24. The normalized spacial score (nSPS) is 12.2. The van der Waals surface area contributed by atoms with Crippen LogP contribution in [0.15, 0.2) is 30.5 Å². The van der Waals surface area contributed by atoms with Gasteiger partial charge in [-0.2, -0.15) is 0 Å². The number of nitrogens with two attached hydrogens (primary N) is 1. The Balaban J connectivity index is 2.59. The van der Waals surface area contributed by atoms with Gasteiger partial charge >= 0.3 is 0 Å². The maximum atomic E-state index is 6.09. The third-order valence-corrected chi connectivity index (χ3v) is 3.68. The van der Waals surface area contributed by atoms with Gasteiger partial charge < -0.3 is 15.8 Å². The van der Waals surface area contributed by atoms with E-state index in [9.17, 15) is 0 Å². The lowest BCUT2D eigenvalue weighted by atomic mass is 9.95. The van der Waals surface area contributed by atoms with Crippen molar-refractivity contribution in [3.63, 3.8) is 0 Å². The molecule has 1 unspecified atom stereocenters. The molecule has 1 aromatic carbocycles. The van der Waals surface area contributed by atoms with Crippen molar-refractivity contribution in [2.75, 3.05) is 19.4 Å². The van der Waals surface area contributed by atoms with E-state index in [1.54, 1.807) is 13.3 Å². The number of nitrogens with one attached hydrogen (secondary N) is 1. The molecule has 4 nitrogen and oxygen atoms in total. The quantitative estimate of drug-likeness (QED) is 0.889. The number of ether oxygens (including phenoxy) is 1. The van der Waals surface area contributed by atoms with Crippen molar-refractivity contribution in [3.8, 4) is 5.75 Å². The summed E-state index contributed by atoms with van der Waals surface area (Å²) in [6.45, 7) is 4.88. The van der Waals surface area contributed by atoms with Gasteiger partial charge in [-0.15, -0.1) is 0 Å². The minimum atomic E-state index is -0.0871. The molecule has 0 fully saturated rings. The molecule has 2 rings (SSSR count). The van der Waals surface area contributed by atoms with Crippen LogP contribution in [0.5, 0.6) is 5.75 Å². The van der Waals surface area contributed by atoms with Crippen molar-refractivity contribution >= 4 is 17.4 Å². The minimum Gasteiger partial charge on any atom is -0.496 e. The lowest BCUT2D eigenvalue weighted by molar-refractivity contribution is 0.404. The first kappa shape index (κ1) is 15.6. The number of nitrogen functional groups attached to an aromatic ring is 1. The topological polar surface area (TPSA) is 60.2 Å². The summed E-state index contributed by atoms with van der Waals surface area (Å²) in [5.41, 5.74) is 9.15. The van der Waals surface area contributed by atoms with Crippen molar-refractivity contribution < 1.29 is 4.74 Å². The summed E-state index contributed by atoms with van der Waals surface area (Å²) in [5, 5.41) is 4.09. The SMILES string of the molecule is CCNC(c1ccc(Cl)cc1OC)c1c(C)ccnc1N. The molecule has 2 aromatic rings. The average Bonchev–Trinajstić information content (AvgIpc) is 2.46. The Labute approximate surface area is 130 Å². The molecular formula is C16H20ClN3O. The highest BCUT2D eigenvalue weighted by Gasteiger charge is 2.22. The summed E-state index contributed by atoms with van der Waals surface area (Å²) in [4.78, 5) is 4.21. The van der Waals surface area contributed by atoms with E-state index >= 15 is 0 Å². The van der Waals surface area contributed by atoms with E-state index in [0.717, 1.165) is 29.0 Å². The Hall–Kier alpha value is -1.78. The highest BCUT2D eigenvalue weighted by molar-refractivity contribution is 6.30. The molecule has 0 saturated carbocycles. The van der Waals surface area contributed by atoms with Gasteiger partial charge in [-0.05, 0) is 37.2 Å². The molecule has 1 atom stereocenters. The molecule has 0 bridgehead atoms. The number of aryl methyl sites for hydroxylation is 1. The van der Waals surface area contributed by atoms with Crippen LogP contribution in [0.2, 0.25) is 5.02 Å². The van der Waals surface area contributed by atoms with E-state index in [0.29, 0.717) is 10.8 Å². The van der Waals surface area contributed by atoms with Gasteiger partial charge in [0, 0.05) is 22.3 Å². The molecular weight excluding hydrogens is 286 g/mol. The summed E-state index contributed by atoms with van der Waals surface area (Å²) in [7, 11) is 1.64. The Bertz CT molecular complexity index is 611. The van der Waals surface area contributed by atoms with Crippen molar-refractivity contribution in [1.29, 1.82) is 0 Å². The largest absolute Gasteiger partial charge is 0.496 e. The van der Waals surface area contributed by atoms with Crippen LogP contribution in [-0.2, 0) is 0 Å². The Morgan fingerprint density at radius 2 is 2.14 bits per heavy atom. The summed E-state index contributed by atoms with van der Waals surface area (Å²) in [5.74, 6) is 1.26. The van der Waals surface area contributed by atoms with Gasteiger partial charge in [0.2, 0.25) is 0 Å². The van der Waals surface area contributed by atoms with Gasteiger partial charge in [-0.3, -0.25) is 0 Å². The third kappa shape index (κ3) is 3.28. The fourth-order valence-corrected chi connectivity index (χ4v) is 2.62. The Morgan fingerprint density at radius 3 is 2.76 bits per heavy atom. The van der Waals surface area contributed by atoms with Crippen LogP contribution < -0.4 is 15.8 Å². The van der Waals surface area contributed by atoms with Crippen LogP contribution in [0.1, 0.15) is 29.7 Å². The van der Waals surface area contributed by atoms with Crippen molar-refractivity contribution in [2.24, 2.45) is 0 Å². The van der Waals surface area contributed by atoms with Gasteiger partial charge in [0.05, 0.1) is 13.2 Å². The van der Waals surface area contributed by atoms with Crippen LogP contribution in [0.4, 0.5) is 5.82 Å². The van der Waals surface area contributed by atoms with E-state index < -0.39 is 0 Å². The number of halogens is 1. The molecule has 0 radical (unpaired) electrons. The average molecular weight is 306 g/mol. The number of nitrogens with zero attached hydrogens (tertiary/aromatic N) is 1. The minimum absolute atomic E-state index is 0.0871. The molecule has 1 aromatic heterocycles. The van der Waals surface area contributed by atoms with Crippen LogP contribution in [0.25, 0.3) is 0 Å². The molecule has 0 saturated heterocycles. The standard InChI is InChI=1S/C16H20ClN3O/c1-4-19-15(14-10(2)7-8-20-16(14)18)12-6-5-11(17)9-13(12)21-3/h5-9,15,19H,4H2,1-3H3,(H2,18,20). The zero-order valence-corrected chi connectivity index (χ0v) is 13.2. The zero-order chi connectivity index (χ0) is 15.4. The number of hydrogen-bond donors (Lipinski definition) is 2. The Morgan fingerprint density at radius 1 is 1.38 bits per heavy atom. The second-order valence-electron chi connectivity index (χ2n) is 4.80. The van der Waals surface area contributed by atoms with Gasteiger partial charge in [0.15, 0.2) is 0 Å². The Kier molecular flexibility index (Phi) is 5.04. The second kappa shape index (κ2) is 6.78. The van der Waals surface area contributed by atoms with E-state index in [-0.39, 0.29) is 6.04 Å². The number of aromatic nitrogens is 1. The van der Waals surface area contributed by atoms with Crippen molar-refractivity contribution in [2.45, 2.75) is 19.9 Å². The van der Waals surface area contributed by atoms with Gasteiger partial charge in [0.25, 0.3) is 0 Å². The summed E-state index contributed by atoms with van der Waals surface area (Å²) in [6, 6.07) is 7.49. The number of hydrogen-bond acceptors (Lipinski definition) is 4. The lowest BCUT2D eigenvalue weighted by Crippen LogP contribution is -2.24. The van der Waals surface area contributed by atoms with Crippen LogP contribution in [-0.4, -0.2) is 18.6 Å². The van der Waals surface area contributed by atoms with Crippen molar-refractivity contribution in [3.05, 3.63) is 52.2 Å². The third-order valence-electron chi connectivity index (χ3n) is 3.44. The number of methoxy groups -OCH3 is 1. The molecule has 0 spiro atoms. The van der Waals surface area contributed by atoms with Crippen molar-refractivity contribution in [1.82, 2.24) is 10.3 Å². The molecule has 21 heavy (non-hydrogen) atoms. The zero-order valence-electron chi connectivity index (χ0n) is 12.5. The summed E-state index contributed by atoms with van der Waals surface area (Å²) >= 11 is 6.05. The lowest BCUT2D eigenvalue weighted by Gasteiger charge is -2.23. The maximum Gasteiger partial charge on any atom is 0.128 e. The van der Waals surface area contributed by atoms with Gasteiger partial charge in [-0.25, -0.2) is 4.98 Å². The molecule has 0 aliphatic heterocycles. The summed E-state index contributed by atoms with van der Waals surface area (Å²) < 4.78 is 5.47. The highest BCUT2D eigenvalue weighted by atomic mass is 35.5. The fourth-order valence-electron chi connectivity index (χ4n) is 2.46. The predicted octanol–water partition coefficient (Wildman–Crippen LogP) is 3.33. The smallest absolute Gasteiger partial charge is 0.128 e. The number of benzene rings is 1. The molecule has 0 amide bonds. The van der Waals surface area contributed by atoms with Gasteiger partial charge in [0.1, 0.15) is 11.6 Å². The maximum absolute atomic E-state index is 6.09. The number of pyridine rings is 1. The molecule has 1 heterocycles. The summed E-state index contributed by atoms with van der Waals surface area (Å²) in [6.07, 6.45) is 1.72. The van der Waals surface area contributed by atoms with E-state index in [1.165, 1.54) is 0 Å². The monoisotopic (exact) mass is 305 g/mol. The number of anilines is 1. The first-order valence-corrected chi connectivity index (χ1v) is 7.24. The fraction of sp³-hybridized carbons (Fsp3) is 0.312. The van der Waals surface area contributed by atoms with Crippen LogP contribution >= 0.6 is 11.6 Å². The first-order valence-electron chi connectivity index (χ1n) is 6.86. The predicted molar refractivity (Wildman–Crippen MR) is 86.9 cm³/mol. The molecule has 5 heteroatoms. The van der Waals surface area contributed by atoms with E-state index in [4.69, 9.17) is 22.1 Å². The van der Waals surface area contributed by atoms with E-state index in [1.807, 2.05) is 31.2 Å². The number of rotatable bonds is 5. The molecule has 112 valence electrons. The van der Waals surface area contributed by atoms with Gasteiger partial charge in [-0.1, -0.05) is 24.6 Å². The van der Waals surface area contributed by atoms with Crippen LogP contribution in [0, 0.1) is 6.92 Å². The van der Waals surface area contributed by atoms with Crippen LogP contribution in [0.3, 0.4) is 0 Å². The molecule has 0 aliphatic carbocycles. The molecule has 3 N–H and O–H groups in total. The molecule has 0 aliphatic rings.